The van der Waals surface area contributed by atoms with Crippen molar-refractivity contribution >= 4 is 5.97 Å². The Bertz CT molecular complexity index is 212. The van der Waals surface area contributed by atoms with Gasteiger partial charge in [0.05, 0.1) is 6.61 Å². The van der Waals surface area contributed by atoms with E-state index in [2.05, 4.69) is 20.8 Å². The molecule has 0 aliphatic carbocycles. The zero-order valence-corrected chi connectivity index (χ0v) is 11.4. The van der Waals surface area contributed by atoms with Gasteiger partial charge in [0.25, 0.3) is 0 Å². The van der Waals surface area contributed by atoms with Crippen LogP contribution in [0.5, 0.6) is 0 Å². The largest absolute Gasteiger partial charge is 0.465 e. The third-order valence-corrected chi connectivity index (χ3v) is 3.19. The molecule has 0 aromatic rings. The first kappa shape index (κ1) is 15.4. The molecule has 16 heavy (non-hydrogen) atoms. The fourth-order valence-corrected chi connectivity index (χ4v) is 1.27. The molecule has 0 heterocycles. The van der Waals surface area contributed by atoms with Crippen LogP contribution in [-0.2, 0) is 9.53 Å². The fraction of sp³-hybridized carbons (Fsp3) is 0.923. The lowest BCUT2D eigenvalue weighted by atomic mass is 9.85. The van der Waals surface area contributed by atoms with E-state index in [1.54, 1.807) is 0 Å². The lowest BCUT2D eigenvalue weighted by molar-refractivity contribution is -0.146. The Kier molecular flexibility index (Phi) is 6.65. The molecule has 2 N–H and O–H groups in total. The first-order chi connectivity index (χ1) is 7.30. The van der Waals surface area contributed by atoms with Gasteiger partial charge < -0.3 is 10.5 Å². The normalized spacial score (nSPS) is 13.9. The summed E-state index contributed by atoms with van der Waals surface area (Å²) in [6.45, 7) is 11.0. The number of carbonyl (C=O) groups excluding carboxylic acids is 1. The number of hydrogen-bond acceptors (Lipinski definition) is 3. The second-order valence-corrected chi connectivity index (χ2v) is 5.56. The third-order valence-electron chi connectivity index (χ3n) is 3.19. The van der Waals surface area contributed by atoms with E-state index in [9.17, 15) is 4.79 Å². The number of esters is 1. The Hall–Kier alpha value is -0.570. The molecule has 0 radical (unpaired) electrons. The fourth-order valence-electron chi connectivity index (χ4n) is 1.27. The quantitative estimate of drug-likeness (QED) is 0.539. The highest BCUT2D eigenvalue weighted by atomic mass is 16.5. The first-order valence-electron chi connectivity index (χ1n) is 6.22. The van der Waals surface area contributed by atoms with Gasteiger partial charge >= 0.3 is 5.97 Å². The van der Waals surface area contributed by atoms with Crippen molar-refractivity contribution in [2.45, 2.75) is 59.9 Å². The Morgan fingerprint density at radius 2 is 1.94 bits per heavy atom. The van der Waals surface area contributed by atoms with Crippen LogP contribution >= 0.6 is 0 Å². The summed E-state index contributed by atoms with van der Waals surface area (Å²) >= 11 is 0. The van der Waals surface area contributed by atoms with Crippen molar-refractivity contribution in [2.75, 3.05) is 6.61 Å². The van der Waals surface area contributed by atoms with Gasteiger partial charge in [-0.05, 0) is 24.2 Å². The molecule has 0 aliphatic heterocycles. The monoisotopic (exact) mass is 229 g/mol. The van der Waals surface area contributed by atoms with Crippen LogP contribution in [0, 0.1) is 11.3 Å². The molecule has 0 saturated heterocycles. The predicted molar refractivity (Wildman–Crippen MR) is 67.1 cm³/mol. The van der Waals surface area contributed by atoms with Crippen LogP contribution in [0.1, 0.15) is 53.9 Å². The molecule has 3 nitrogen and oxygen atoms in total. The van der Waals surface area contributed by atoms with Gasteiger partial charge in [-0.15, -0.1) is 0 Å². The lowest BCUT2D eigenvalue weighted by Gasteiger charge is -2.22. The summed E-state index contributed by atoms with van der Waals surface area (Å²) in [5.74, 6) is -0.135. The third kappa shape index (κ3) is 6.11. The second-order valence-electron chi connectivity index (χ2n) is 5.56. The molecule has 1 unspecified atom stereocenters. The molecule has 0 rings (SSSR count). The molecule has 0 amide bonds. The first-order valence-corrected chi connectivity index (χ1v) is 6.22. The minimum absolute atomic E-state index is 0.139. The van der Waals surface area contributed by atoms with Crippen LogP contribution in [0.2, 0.25) is 0 Å². The van der Waals surface area contributed by atoms with Gasteiger partial charge in [0.15, 0.2) is 0 Å². The van der Waals surface area contributed by atoms with E-state index < -0.39 is 6.04 Å². The van der Waals surface area contributed by atoms with Gasteiger partial charge in [0.2, 0.25) is 0 Å². The molecule has 3 heteroatoms. The van der Waals surface area contributed by atoms with Gasteiger partial charge in [0.1, 0.15) is 6.04 Å². The standard InChI is InChI=1S/C13H27NO2/c1-6-13(4,5)8-7-9-16-12(15)11(14)10(2)3/h10-11H,6-9,14H2,1-5H3. The van der Waals surface area contributed by atoms with Crippen molar-refractivity contribution in [1.82, 2.24) is 0 Å². The highest BCUT2D eigenvalue weighted by molar-refractivity contribution is 5.75. The Morgan fingerprint density at radius 3 is 2.38 bits per heavy atom. The van der Waals surface area contributed by atoms with E-state index in [1.807, 2.05) is 13.8 Å². The smallest absolute Gasteiger partial charge is 0.323 e. The summed E-state index contributed by atoms with van der Waals surface area (Å²) in [4.78, 5) is 11.4. The van der Waals surface area contributed by atoms with Crippen LogP contribution in [-0.4, -0.2) is 18.6 Å². The minimum atomic E-state index is -0.487. The SMILES string of the molecule is CCC(C)(C)CCCOC(=O)C(N)C(C)C. The van der Waals surface area contributed by atoms with Crippen LogP contribution in [0.15, 0.2) is 0 Å². The molecule has 0 aromatic heterocycles. The van der Waals surface area contributed by atoms with Crippen molar-refractivity contribution in [3.05, 3.63) is 0 Å². The van der Waals surface area contributed by atoms with Crippen molar-refractivity contribution in [1.29, 1.82) is 0 Å². The van der Waals surface area contributed by atoms with Gasteiger partial charge in [-0.1, -0.05) is 41.0 Å². The van der Waals surface area contributed by atoms with Gasteiger partial charge in [-0.2, -0.15) is 0 Å². The van der Waals surface area contributed by atoms with Crippen molar-refractivity contribution in [2.24, 2.45) is 17.1 Å². The highest BCUT2D eigenvalue weighted by Crippen LogP contribution is 2.25. The molecule has 0 saturated carbocycles. The van der Waals surface area contributed by atoms with Crippen LogP contribution in [0.25, 0.3) is 0 Å². The van der Waals surface area contributed by atoms with Gasteiger partial charge in [-0.25, -0.2) is 0 Å². The molecule has 0 fully saturated rings. The molecule has 0 bridgehead atoms. The van der Waals surface area contributed by atoms with Gasteiger partial charge in [0, 0.05) is 0 Å². The van der Waals surface area contributed by atoms with E-state index in [4.69, 9.17) is 10.5 Å². The topological polar surface area (TPSA) is 52.3 Å². The van der Waals surface area contributed by atoms with E-state index in [-0.39, 0.29) is 11.9 Å². The Balaban J connectivity index is 3.71. The molecule has 1 atom stereocenters. The van der Waals surface area contributed by atoms with Crippen LogP contribution < -0.4 is 5.73 Å². The summed E-state index contributed by atoms with van der Waals surface area (Å²) in [5.41, 5.74) is 6.02. The molecular weight excluding hydrogens is 202 g/mol. The average Bonchev–Trinajstić information content (AvgIpc) is 2.22. The Morgan fingerprint density at radius 1 is 1.38 bits per heavy atom. The van der Waals surface area contributed by atoms with Crippen molar-refractivity contribution < 1.29 is 9.53 Å². The summed E-state index contributed by atoms with van der Waals surface area (Å²) in [6.07, 6.45) is 3.14. The zero-order valence-electron chi connectivity index (χ0n) is 11.4. The molecule has 0 aliphatic rings. The average molecular weight is 229 g/mol. The van der Waals surface area contributed by atoms with Crippen LogP contribution in [0.3, 0.4) is 0 Å². The maximum atomic E-state index is 11.4. The lowest BCUT2D eigenvalue weighted by Crippen LogP contribution is -2.37. The summed E-state index contributed by atoms with van der Waals surface area (Å²) < 4.78 is 5.14. The van der Waals surface area contributed by atoms with E-state index in [0.717, 1.165) is 19.3 Å². The number of carbonyl (C=O) groups is 1. The second kappa shape index (κ2) is 6.89. The number of ether oxygens (including phenoxy) is 1. The number of nitrogens with two attached hydrogens (primary N) is 1. The highest BCUT2D eigenvalue weighted by Gasteiger charge is 2.19. The van der Waals surface area contributed by atoms with E-state index in [1.165, 1.54) is 0 Å². The Labute approximate surface area is 99.7 Å². The zero-order chi connectivity index (χ0) is 12.8. The van der Waals surface area contributed by atoms with Gasteiger partial charge in [-0.3, -0.25) is 4.79 Å². The van der Waals surface area contributed by atoms with E-state index in [0.29, 0.717) is 12.0 Å². The number of hydrogen-bond donors (Lipinski definition) is 1. The molecule has 0 aromatic carbocycles. The predicted octanol–water partition coefficient (Wildman–Crippen LogP) is 2.73. The number of rotatable bonds is 7. The molecule has 0 spiro atoms. The van der Waals surface area contributed by atoms with Crippen molar-refractivity contribution in [3.8, 4) is 0 Å². The maximum absolute atomic E-state index is 11.4. The molecule has 96 valence electrons. The molecular formula is C13H27NO2. The van der Waals surface area contributed by atoms with Crippen molar-refractivity contribution in [3.63, 3.8) is 0 Å². The van der Waals surface area contributed by atoms with E-state index >= 15 is 0 Å². The minimum Gasteiger partial charge on any atom is -0.465 e. The maximum Gasteiger partial charge on any atom is 0.323 e. The van der Waals surface area contributed by atoms with Crippen LogP contribution in [0.4, 0.5) is 0 Å². The summed E-state index contributed by atoms with van der Waals surface area (Å²) in [5, 5.41) is 0. The summed E-state index contributed by atoms with van der Waals surface area (Å²) in [6, 6.07) is -0.487. The summed E-state index contributed by atoms with van der Waals surface area (Å²) in [7, 11) is 0.